The van der Waals surface area contributed by atoms with Crippen LogP contribution in [0, 0.1) is 11.8 Å². The molecule has 0 bridgehead atoms. The van der Waals surface area contributed by atoms with E-state index in [-0.39, 0.29) is 44.1 Å². The van der Waals surface area contributed by atoms with E-state index >= 15 is 0 Å². The standard InChI is InChI=1S/C48H61N5O10/c1-4-17-37(43(56)46(59)49-29-40(55)53-42(35-24-15-8-16-25-35)48(62)63-30-32-18-9-5-10-19-32)50-44(57)38(28-31(2)3)51-45(58)41(34-22-13-7-14-23-34)52-39(54)27-26-36(47(60)61)33-20-11-6-12-21-33/h5-6,8-12,15-16,18-21,24-25,31,34,36-38,41-42H,4,7,13-14,17,22-23,26-30H2,1-3H3,(H,49,59)(H,50,57)(H,51,58)(H,52,54)(H,53,55)(H,60,61)/t36?,37-,38-,41-,42-/m0/s1. The summed E-state index contributed by atoms with van der Waals surface area (Å²) < 4.78 is 5.47. The molecule has 338 valence electrons. The van der Waals surface area contributed by atoms with Crippen LogP contribution < -0.4 is 26.6 Å². The number of amides is 5. The first-order valence-electron chi connectivity index (χ1n) is 21.8. The zero-order valence-corrected chi connectivity index (χ0v) is 36.3. The van der Waals surface area contributed by atoms with E-state index in [9.17, 15) is 43.5 Å². The van der Waals surface area contributed by atoms with Gasteiger partial charge in [0.2, 0.25) is 29.4 Å². The van der Waals surface area contributed by atoms with Crippen LogP contribution in [-0.4, -0.2) is 77.0 Å². The molecule has 1 saturated carbocycles. The molecule has 1 aliphatic rings. The number of carboxylic acids is 1. The van der Waals surface area contributed by atoms with Crippen molar-refractivity contribution in [3.63, 3.8) is 0 Å². The molecule has 3 aromatic carbocycles. The first-order chi connectivity index (χ1) is 30.3. The maximum atomic E-state index is 14.1. The van der Waals surface area contributed by atoms with E-state index in [4.69, 9.17) is 4.74 Å². The molecule has 3 aromatic rings. The highest BCUT2D eigenvalue weighted by atomic mass is 16.5. The lowest BCUT2D eigenvalue weighted by Crippen LogP contribution is -2.58. The van der Waals surface area contributed by atoms with Crippen LogP contribution in [0.25, 0.3) is 0 Å². The van der Waals surface area contributed by atoms with Crippen molar-refractivity contribution in [1.29, 1.82) is 0 Å². The molecule has 1 unspecified atom stereocenters. The summed E-state index contributed by atoms with van der Waals surface area (Å²) in [6, 6.07) is 21.4. The number of ketones is 1. The molecule has 0 saturated heterocycles. The summed E-state index contributed by atoms with van der Waals surface area (Å²) in [6.07, 6.45) is 4.58. The van der Waals surface area contributed by atoms with E-state index in [2.05, 4.69) is 26.6 Å². The fraction of sp³-hybridized carbons (Fsp3) is 0.458. The third-order valence-electron chi connectivity index (χ3n) is 11.0. The Bertz CT molecular complexity index is 1990. The van der Waals surface area contributed by atoms with Gasteiger partial charge in [-0.05, 0) is 60.6 Å². The first-order valence-corrected chi connectivity index (χ1v) is 21.8. The van der Waals surface area contributed by atoms with Gasteiger partial charge in [0.15, 0.2) is 6.04 Å². The number of esters is 1. The smallest absolute Gasteiger partial charge is 0.333 e. The lowest BCUT2D eigenvalue weighted by Gasteiger charge is -2.32. The maximum Gasteiger partial charge on any atom is 0.333 e. The second-order valence-corrected chi connectivity index (χ2v) is 16.4. The predicted molar refractivity (Wildman–Crippen MR) is 234 cm³/mol. The van der Waals surface area contributed by atoms with Gasteiger partial charge in [-0.3, -0.25) is 33.6 Å². The predicted octanol–water partition coefficient (Wildman–Crippen LogP) is 4.80. The van der Waals surface area contributed by atoms with Gasteiger partial charge in [0.1, 0.15) is 18.7 Å². The van der Waals surface area contributed by atoms with Crippen molar-refractivity contribution in [2.24, 2.45) is 11.8 Å². The van der Waals surface area contributed by atoms with Gasteiger partial charge in [-0.15, -0.1) is 0 Å². The molecule has 5 amide bonds. The summed E-state index contributed by atoms with van der Waals surface area (Å²) in [5.74, 6) is -7.67. The van der Waals surface area contributed by atoms with Gasteiger partial charge in [0, 0.05) is 6.42 Å². The lowest BCUT2D eigenvalue weighted by atomic mass is 9.83. The van der Waals surface area contributed by atoms with E-state index in [1.54, 1.807) is 91.9 Å². The van der Waals surface area contributed by atoms with Gasteiger partial charge in [-0.2, -0.15) is 0 Å². The van der Waals surface area contributed by atoms with E-state index in [1.807, 2.05) is 19.9 Å². The number of carboxylic acid groups (broad SMARTS) is 1. The molecule has 15 nitrogen and oxygen atoms in total. The van der Waals surface area contributed by atoms with Gasteiger partial charge in [-0.1, -0.05) is 137 Å². The van der Waals surface area contributed by atoms with Crippen molar-refractivity contribution in [3.05, 3.63) is 108 Å². The Hall–Kier alpha value is -6.38. The van der Waals surface area contributed by atoms with Crippen LogP contribution in [0.15, 0.2) is 91.0 Å². The third-order valence-corrected chi connectivity index (χ3v) is 11.0. The molecule has 0 spiro atoms. The van der Waals surface area contributed by atoms with Crippen LogP contribution in [0.1, 0.15) is 114 Å². The highest BCUT2D eigenvalue weighted by Crippen LogP contribution is 2.28. The molecule has 0 heterocycles. The Labute approximate surface area is 368 Å². The van der Waals surface area contributed by atoms with Gasteiger partial charge in [0.05, 0.1) is 18.5 Å². The van der Waals surface area contributed by atoms with Crippen LogP contribution in [-0.2, 0) is 49.7 Å². The SMILES string of the molecule is CCC[C@H](NC(=O)[C@H](CC(C)C)NC(=O)[C@@H](NC(=O)CCC(C(=O)O)c1ccccc1)C1CCCCC1)C(=O)C(=O)NCC(=O)N[C@H](C(=O)OCc1ccccc1)c1ccccc1. The Morgan fingerprint density at radius 1 is 0.683 bits per heavy atom. The quantitative estimate of drug-likeness (QED) is 0.0533. The molecule has 63 heavy (non-hydrogen) atoms. The van der Waals surface area contributed by atoms with E-state index < -0.39 is 83.9 Å². The molecule has 0 aromatic heterocycles. The molecule has 0 aliphatic heterocycles. The Morgan fingerprint density at radius 2 is 1.27 bits per heavy atom. The molecule has 6 N–H and O–H groups in total. The highest BCUT2D eigenvalue weighted by molar-refractivity contribution is 6.38. The van der Waals surface area contributed by atoms with Crippen molar-refractivity contribution >= 4 is 47.3 Å². The minimum atomic E-state index is -1.29. The van der Waals surface area contributed by atoms with Gasteiger partial charge in [-0.25, -0.2) is 4.79 Å². The van der Waals surface area contributed by atoms with Gasteiger partial charge in [0.25, 0.3) is 5.91 Å². The highest BCUT2D eigenvalue weighted by Gasteiger charge is 2.36. The number of carbonyl (C=O) groups is 8. The number of nitrogens with one attached hydrogen (secondary N) is 5. The van der Waals surface area contributed by atoms with Crippen LogP contribution in [0.2, 0.25) is 0 Å². The zero-order chi connectivity index (χ0) is 45.7. The average Bonchev–Trinajstić information content (AvgIpc) is 3.28. The summed E-state index contributed by atoms with van der Waals surface area (Å²) >= 11 is 0. The zero-order valence-electron chi connectivity index (χ0n) is 36.3. The number of Topliss-reactive ketones (excluding diaryl/α,β-unsaturated/α-hetero) is 1. The molecular weight excluding hydrogens is 807 g/mol. The summed E-state index contributed by atoms with van der Waals surface area (Å²) in [5.41, 5.74) is 1.76. The molecular formula is C48H61N5O10. The number of rotatable bonds is 24. The Balaban J connectivity index is 1.39. The second-order valence-electron chi connectivity index (χ2n) is 16.4. The van der Waals surface area contributed by atoms with Crippen LogP contribution >= 0.6 is 0 Å². The van der Waals surface area contributed by atoms with Crippen molar-refractivity contribution < 1.29 is 48.2 Å². The molecule has 15 heteroatoms. The van der Waals surface area contributed by atoms with Crippen LogP contribution in [0.5, 0.6) is 0 Å². The van der Waals surface area contributed by atoms with E-state index in [1.165, 1.54) is 0 Å². The third kappa shape index (κ3) is 16.1. The normalized spacial score (nSPS) is 15.0. The number of carbonyl (C=O) groups excluding carboxylic acids is 7. The van der Waals surface area contributed by atoms with Gasteiger partial charge >= 0.3 is 11.9 Å². The van der Waals surface area contributed by atoms with Crippen molar-refractivity contribution in [1.82, 2.24) is 26.6 Å². The summed E-state index contributed by atoms with van der Waals surface area (Å²) in [6.45, 7) is 4.80. The Morgan fingerprint density at radius 3 is 1.86 bits per heavy atom. The fourth-order valence-electron chi connectivity index (χ4n) is 7.65. The number of hydrogen-bond acceptors (Lipinski definition) is 9. The largest absolute Gasteiger partial charge is 0.481 e. The first kappa shape index (κ1) is 49.3. The van der Waals surface area contributed by atoms with Crippen LogP contribution in [0.3, 0.4) is 0 Å². The topological polar surface area (TPSA) is 226 Å². The lowest BCUT2D eigenvalue weighted by molar-refractivity contribution is -0.149. The molecule has 1 aliphatic carbocycles. The minimum absolute atomic E-state index is 0.0195. The summed E-state index contributed by atoms with van der Waals surface area (Å²) in [4.78, 5) is 106. The molecule has 1 fully saturated rings. The van der Waals surface area contributed by atoms with Gasteiger partial charge < -0.3 is 36.4 Å². The fourth-order valence-corrected chi connectivity index (χ4v) is 7.65. The number of benzene rings is 3. The Kier molecular flexibility index (Phi) is 20.0. The molecule has 4 rings (SSSR count). The van der Waals surface area contributed by atoms with Crippen molar-refractivity contribution in [3.8, 4) is 0 Å². The number of ether oxygens (including phenoxy) is 1. The van der Waals surface area contributed by atoms with E-state index in [0.717, 1.165) is 24.8 Å². The summed E-state index contributed by atoms with van der Waals surface area (Å²) in [5, 5.41) is 23.0. The van der Waals surface area contributed by atoms with Crippen molar-refractivity contribution in [2.75, 3.05) is 6.54 Å². The monoisotopic (exact) mass is 867 g/mol. The van der Waals surface area contributed by atoms with Crippen LogP contribution in [0.4, 0.5) is 0 Å². The molecule has 0 radical (unpaired) electrons. The number of aliphatic carboxylic acids is 1. The van der Waals surface area contributed by atoms with Crippen molar-refractivity contribution in [2.45, 2.75) is 122 Å². The van der Waals surface area contributed by atoms with E-state index in [0.29, 0.717) is 30.4 Å². The maximum absolute atomic E-state index is 14.1. The average molecular weight is 868 g/mol. The second kappa shape index (κ2) is 25.5. The molecule has 5 atom stereocenters. The summed E-state index contributed by atoms with van der Waals surface area (Å²) in [7, 11) is 0. The minimum Gasteiger partial charge on any atom is -0.481 e. The number of hydrogen-bond donors (Lipinski definition) is 6.